The number of carbonyl (C=O) groups excluding carboxylic acids is 1. The van der Waals surface area contributed by atoms with Gasteiger partial charge in [0.1, 0.15) is 5.82 Å². The van der Waals surface area contributed by atoms with Crippen molar-refractivity contribution in [3.8, 4) is 0 Å². The monoisotopic (exact) mass is 233 g/mol. The molecule has 1 aromatic carbocycles. The summed E-state index contributed by atoms with van der Waals surface area (Å²) in [4.78, 5) is 11.1. The molecule has 5 nitrogen and oxygen atoms in total. The van der Waals surface area contributed by atoms with Crippen LogP contribution in [0.25, 0.3) is 0 Å². The van der Waals surface area contributed by atoms with Crippen molar-refractivity contribution in [1.29, 1.82) is 0 Å². The van der Waals surface area contributed by atoms with Gasteiger partial charge in [-0.25, -0.2) is 13.4 Å². The van der Waals surface area contributed by atoms with E-state index in [-0.39, 0.29) is 5.69 Å². The van der Waals surface area contributed by atoms with Gasteiger partial charge >= 0.3 is 6.09 Å². The second kappa shape index (κ2) is 4.85. The summed E-state index contributed by atoms with van der Waals surface area (Å²) in [5, 5.41) is 0. The number of methoxy groups -OCH3 is 1. The summed E-state index contributed by atoms with van der Waals surface area (Å²) in [5.41, 5.74) is 0.0732. The zero-order valence-corrected chi connectivity index (χ0v) is 8.53. The first-order valence-electron chi connectivity index (χ1n) is 3.81. The van der Waals surface area contributed by atoms with Gasteiger partial charge in [0.15, 0.2) is 0 Å². The van der Waals surface area contributed by atoms with Gasteiger partial charge in [0.2, 0.25) is 0 Å². The zero-order valence-electron chi connectivity index (χ0n) is 7.71. The number of anilines is 1. The van der Waals surface area contributed by atoms with Crippen molar-refractivity contribution in [1.82, 2.24) is 0 Å². The molecule has 7 heteroatoms. The van der Waals surface area contributed by atoms with Gasteiger partial charge in [0, 0.05) is 0 Å². The average Bonchev–Trinajstić information content (AvgIpc) is 2.20. The predicted molar refractivity (Wildman–Crippen MR) is 52.1 cm³/mol. The average molecular weight is 233 g/mol. The normalized spacial score (nSPS) is 11.9. The zero-order chi connectivity index (χ0) is 11.4. The van der Waals surface area contributed by atoms with E-state index >= 15 is 0 Å². The summed E-state index contributed by atoms with van der Waals surface area (Å²) in [6.45, 7) is 0. The lowest BCUT2D eigenvalue weighted by molar-refractivity contribution is 0.183. The fourth-order valence-electron chi connectivity index (χ4n) is 0.919. The van der Waals surface area contributed by atoms with Crippen LogP contribution in [0.4, 0.5) is 14.9 Å². The molecule has 0 aromatic heterocycles. The van der Waals surface area contributed by atoms with E-state index in [1.54, 1.807) is 0 Å². The van der Waals surface area contributed by atoms with Crippen molar-refractivity contribution in [2.24, 2.45) is 0 Å². The van der Waals surface area contributed by atoms with Crippen LogP contribution in [0.1, 0.15) is 0 Å². The van der Waals surface area contributed by atoms with Crippen LogP contribution >= 0.6 is 0 Å². The standard InChI is InChI=1S/C8H8FNO4S/c1-14-8(11)10(15(12)13)7-4-2-6(9)3-5-7/h2-5H,1H3,(H,12,13). The van der Waals surface area contributed by atoms with Crippen LogP contribution in [-0.4, -0.2) is 22.0 Å². The fraction of sp³-hybridized carbons (Fsp3) is 0.125. The molecule has 0 aliphatic heterocycles. The Bertz CT molecular complexity index is 381. The lowest BCUT2D eigenvalue weighted by atomic mass is 10.3. The quantitative estimate of drug-likeness (QED) is 0.787. The molecule has 15 heavy (non-hydrogen) atoms. The first-order valence-corrected chi connectivity index (χ1v) is 4.87. The fourth-order valence-corrected chi connectivity index (χ4v) is 1.42. The second-order valence-electron chi connectivity index (χ2n) is 2.47. The van der Waals surface area contributed by atoms with Gasteiger partial charge in [-0.1, -0.05) is 0 Å². The van der Waals surface area contributed by atoms with Crippen LogP contribution < -0.4 is 4.31 Å². The molecular weight excluding hydrogens is 225 g/mol. The lowest BCUT2D eigenvalue weighted by Crippen LogP contribution is -2.32. The summed E-state index contributed by atoms with van der Waals surface area (Å²) in [5.74, 6) is -0.507. The molecule has 0 bridgehead atoms. The Morgan fingerprint density at radius 3 is 2.40 bits per heavy atom. The van der Waals surface area contributed by atoms with Gasteiger partial charge in [-0.2, -0.15) is 4.31 Å². The van der Waals surface area contributed by atoms with E-state index in [0.717, 1.165) is 19.2 Å². The predicted octanol–water partition coefficient (Wildman–Crippen LogP) is 1.54. The molecule has 0 saturated heterocycles. The highest BCUT2D eigenvalue weighted by Gasteiger charge is 2.21. The molecule has 1 unspecified atom stereocenters. The Labute approximate surface area is 87.9 Å². The molecule has 1 atom stereocenters. The van der Waals surface area contributed by atoms with E-state index in [1.165, 1.54) is 12.1 Å². The number of rotatable bonds is 2. The highest BCUT2D eigenvalue weighted by atomic mass is 32.2. The molecule has 1 rings (SSSR count). The number of ether oxygens (including phenoxy) is 1. The first kappa shape index (κ1) is 11.6. The lowest BCUT2D eigenvalue weighted by Gasteiger charge is -2.15. The summed E-state index contributed by atoms with van der Waals surface area (Å²) in [7, 11) is 1.08. The van der Waals surface area contributed by atoms with E-state index in [9.17, 15) is 13.4 Å². The molecule has 1 amide bonds. The maximum Gasteiger partial charge on any atom is 0.428 e. The number of hydrogen-bond acceptors (Lipinski definition) is 3. The molecule has 0 saturated carbocycles. The summed E-state index contributed by atoms with van der Waals surface area (Å²) >= 11 is -2.55. The molecule has 0 radical (unpaired) electrons. The van der Waals surface area contributed by atoms with Gasteiger partial charge < -0.3 is 4.74 Å². The maximum absolute atomic E-state index is 12.6. The van der Waals surface area contributed by atoms with Gasteiger partial charge in [0.05, 0.1) is 12.8 Å². The molecule has 0 heterocycles. The Kier molecular flexibility index (Phi) is 3.75. The molecule has 0 aliphatic rings. The topological polar surface area (TPSA) is 66.8 Å². The third-order valence-electron chi connectivity index (χ3n) is 1.56. The molecule has 0 fully saturated rings. The number of benzene rings is 1. The van der Waals surface area contributed by atoms with Crippen LogP contribution in [0.15, 0.2) is 24.3 Å². The molecule has 82 valence electrons. The van der Waals surface area contributed by atoms with Crippen molar-refractivity contribution in [3.05, 3.63) is 30.1 Å². The van der Waals surface area contributed by atoms with Crippen molar-refractivity contribution in [2.45, 2.75) is 0 Å². The summed E-state index contributed by atoms with van der Waals surface area (Å²) in [6.07, 6.45) is -0.998. The van der Waals surface area contributed by atoms with Crippen LogP contribution in [0.5, 0.6) is 0 Å². The number of amides is 1. The van der Waals surface area contributed by atoms with E-state index in [1.807, 2.05) is 0 Å². The van der Waals surface area contributed by atoms with Crippen LogP contribution in [0, 0.1) is 5.82 Å². The third-order valence-corrected chi connectivity index (χ3v) is 2.23. The van der Waals surface area contributed by atoms with Gasteiger partial charge in [-0.3, -0.25) is 4.55 Å². The van der Waals surface area contributed by atoms with Crippen molar-refractivity contribution in [2.75, 3.05) is 11.4 Å². The Balaban J connectivity index is 3.04. The molecule has 1 aromatic rings. The van der Waals surface area contributed by atoms with Gasteiger partial charge in [-0.05, 0) is 24.3 Å². The van der Waals surface area contributed by atoms with E-state index in [0.29, 0.717) is 4.31 Å². The number of carbonyl (C=O) groups is 1. The van der Waals surface area contributed by atoms with E-state index in [2.05, 4.69) is 4.74 Å². The van der Waals surface area contributed by atoms with Crippen LogP contribution in [-0.2, 0) is 16.0 Å². The molecule has 0 aliphatic carbocycles. The van der Waals surface area contributed by atoms with E-state index < -0.39 is 23.2 Å². The van der Waals surface area contributed by atoms with Gasteiger partial charge in [0.25, 0.3) is 11.3 Å². The maximum atomic E-state index is 12.6. The summed E-state index contributed by atoms with van der Waals surface area (Å²) < 4.78 is 37.0. The minimum absolute atomic E-state index is 0.0732. The number of halogens is 1. The Morgan fingerprint density at radius 2 is 2.00 bits per heavy atom. The Morgan fingerprint density at radius 1 is 1.47 bits per heavy atom. The highest BCUT2D eigenvalue weighted by molar-refractivity contribution is 7.81. The molecular formula is C8H8FNO4S. The number of nitrogens with zero attached hydrogens (tertiary/aromatic N) is 1. The molecule has 0 spiro atoms. The SMILES string of the molecule is COC(=O)N(c1ccc(F)cc1)S(=O)O. The van der Waals surface area contributed by atoms with Crippen molar-refractivity contribution in [3.63, 3.8) is 0 Å². The van der Waals surface area contributed by atoms with Gasteiger partial charge in [-0.15, -0.1) is 0 Å². The largest absolute Gasteiger partial charge is 0.452 e. The minimum Gasteiger partial charge on any atom is -0.452 e. The highest BCUT2D eigenvalue weighted by Crippen LogP contribution is 2.16. The summed E-state index contributed by atoms with van der Waals surface area (Å²) in [6, 6.07) is 4.52. The molecule has 1 N–H and O–H groups in total. The van der Waals surface area contributed by atoms with Crippen LogP contribution in [0.3, 0.4) is 0 Å². The number of hydrogen-bond donors (Lipinski definition) is 1. The van der Waals surface area contributed by atoms with Crippen molar-refractivity contribution >= 4 is 23.0 Å². The second-order valence-corrected chi connectivity index (χ2v) is 3.30. The minimum atomic E-state index is -2.55. The first-order chi connectivity index (χ1) is 7.06. The van der Waals surface area contributed by atoms with E-state index in [4.69, 9.17) is 4.55 Å². The smallest absolute Gasteiger partial charge is 0.428 e. The Hall–Kier alpha value is -1.47. The van der Waals surface area contributed by atoms with Crippen molar-refractivity contribution < 1.29 is 22.7 Å². The third kappa shape index (κ3) is 2.74. The van der Waals surface area contributed by atoms with Crippen LogP contribution in [0.2, 0.25) is 0 Å².